The quantitative estimate of drug-likeness (QED) is 0.250. The average molecular weight is 679 g/mol. The van der Waals surface area contributed by atoms with Crippen LogP contribution in [0.3, 0.4) is 0 Å². The molecule has 13 nitrogen and oxygen atoms in total. The second-order valence-electron chi connectivity index (χ2n) is 15.2. The fraction of sp³-hybridized carbons (Fsp3) is 0.829. The molecule has 0 radical (unpaired) electrons. The highest BCUT2D eigenvalue weighted by Gasteiger charge is 2.46. The summed E-state index contributed by atoms with van der Waals surface area (Å²) in [5.74, 6) is -2.03. The minimum Gasteiger partial charge on any atom is -0.459 e. The number of hydrogen-bond acceptors (Lipinski definition) is 8. The van der Waals surface area contributed by atoms with E-state index >= 15 is 0 Å². The van der Waals surface area contributed by atoms with Gasteiger partial charge < -0.3 is 35.0 Å². The summed E-state index contributed by atoms with van der Waals surface area (Å²) in [5, 5.41) is 5.92. The van der Waals surface area contributed by atoms with Crippen LogP contribution >= 0.6 is 0 Å². The molecular weight excluding hydrogens is 616 g/mol. The summed E-state index contributed by atoms with van der Waals surface area (Å²) in [6.45, 7) is 12.5. The van der Waals surface area contributed by atoms with Crippen molar-refractivity contribution in [2.75, 3.05) is 47.8 Å². The van der Waals surface area contributed by atoms with E-state index in [4.69, 9.17) is 4.74 Å². The zero-order valence-corrected chi connectivity index (χ0v) is 31.3. The monoisotopic (exact) mass is 678 g/mol. The zero-order chi connectivity index (χ0) is 36.5. The number of nitrogens with one attached hydrogen (secondary N) is 2. The van der Waals surface area contributed by atoms with Crippen LogP contribution in [-0.4, -0.2) is 133 Å². The lowest BCUT2D eigenvalue weighted by Crippen LogP contribution is -2.62. The number of fused-ring (bicyclic) bond motifs is 1. The number of ether oxygens (including phenoxy) is 1. The maximum absolute atomic E-state index is 13.8. The first-order chi connectivity index (χ1) is 22.3. The number of esters is 1. The molecule has 2 rings (SSSR count). The molecule has 1 aliphatic carbocycles. The number of carbonyl (C=O) groups excluding carboxylic acids is 6. The summed E-state index contributed by atoms with van der Waals surface area (Å²) in [4.78, 5) is 85.3. The number of likely N-dealkylation sites (tertiary alicyclic amines) is 1. The van der Waals surface area contributed by atoms with Gasteiger partial charge in [0, 0.05) is 27.2 Å². The number of nitrogens with zero attached hydrogens (tertiary/aromatic N) is 4. The molecule has 48 heavy (non-hydrogen) atoms. The molecule has 0 spiro atoms. The molecule has 2 unspecified atom stereocenters. The van der Waals surface area contributed by atoms with Gasteiger partial charge in [-0.2, -0.15) is 0 Å². The Kier molecular flexibility index (Phi) is 15.3. The summed E-state index contributed by atoms with van der Waals surface area (Å²) in [6.07, 6.45) is 5.47. The van der Waals surface area contributed by atoms with Crippen molar-refractivity contribution in [2.45, 2.75) is 123 Å². The van der Waals surface area contributed by atoms with Crippen LogP contribution in [0.15, 0.2) is 0 Å². The molecular formula is C35H62N6O7. The highest BCUT2D eigenvalue weighted by molar-refractivity contribution is 5.94. The Balaban J connectivity index is 2.08. The first kappa shape index (κ1) is 41.0. The van der Waals surface area contributed by atoms with E-state index in [1.807, 2.05) is 27.7 Å². The molecule has 13 heteroatoms. The van der Waals surface area contributed by atoms with Gasteiger partial charge in [-0.1, -0.05) is 47.0 Å². The van der Waals surface area contributed by atoms with E-state index in [2.05, 4.69) is 10.6 Å². The number of piperidine rings is 1. The van der Waals surface area contributed by atoms with Crippen molar-refractivity contribution in [3.05, 3.63) is 0 Å². The molecule has 0 aromatic heterocycles. The van der Waals surface area contributed by atoms with Gasteiger partial charge in [-0.05, 0) is 71.3 Å². The van der Waals surface area contributed by atoms with Crippen LogP contribution in [0.25, 0.3) is 0 Å². The Labute approximate surface area is 287 Å². The van der Waals surface area contributed by atoms with E-state index in [-0.39, 0.29) is 61.2 Å². The fourth-order valence-corrected chi connectivity index (χ4v) is 6.63. The molecule has 0 aromatic rings. The lowest BCUT2D eigenvalue weighted by molar-refractivity contribution is -0.166. The zero-order valence-electron chi connectivity index (χ0n) is 31.3. The Morgan fingerprint density at radius 2 is 1.56 bits per heavy atom. The van der Waals surface area contributed by atoms with Gasteiger partial charge in [-0.25, -0.2) is 0 Å². The van der Waals surface area contributed by atoms with Crippen molar-refractivity contribution in [1.29, 1.82) is 0 Å². The Morgan fingerprint density at radius 1 is 0.958 bits per heavy atom. The third-order valence-electron chi connectivity index (χ3n) is 9.64. The molecule has 6 atom stereocenters. The normalized spacial score (nSPS) is 21.5. The SMILES string of the molecule is CC[C@H](C)[C@H](NC(=O)[C@H](CC(C)C)NC)C(=O)N(C)CC(=O)N(C)CC(=O)N(C)[C@H]1CC2CCCCC2N(CC(=O)OC(C)(C)C)C1=O. The highest BCUT2D eigenvalue weighted by Crippen LogP contribution is 2.37. The van der Waals surface area contributed by atoms with Gasteiger partial charge in [0.1, 0.15) is 24.2 Å². The van der Waals surface area contributed by atoms with Crippen LogP contribution in [0.1, 0.15) is 93.4 Å². The minimum absolute atomic E-state index is 0.0702. The molecule has 1 aliphatic heterocycles. The Morgan fingerprint density at radius 3 is 2.12 bits per heavy atom. The van der Waals surface area contributed by atoms with Crippen molar-refractivity contribution in [3.8, 4) is 0 Å². The van der Waals surface area contributed by atoms with Gasteiger partial charge in [0.25, 0.3) is 0 Å². The molecule has 1 saturated carbocycles. The Bertz CT molecular complexity index is 1150. The largest absolute Gasteiger partial charge is 0.459 e. The van der Waals surface area contributed by atoms with Gasteiger partial charge in [-0.15, -0.1) is 0 Å². The van der Waals surface area contributed by atoms with Crippen molar-refractivity contribution in [3.63, 3.8) is 0 Å². The maximum atomic E-state index is 13.8. The Hall–Kier alpha value is -3.22. The molecule has 5 amide bonds. The number of carbonyl (C=O) groups is 6. The molecule has 0 bridgehead atoms. The second kappa shape index (κ2) is 18.0. The molecule has 274 valence electrons. The van der Waals surface area contributed by atoms with Crippen LogP contribution in [0.5, 0.6) is 0 Å². The fourth-order valence-electron chi connectivity index (χ4n) is 6.63. The number of rotatable bonds is 15. The molecule has 2 fully saturated rings. The molecule has 2 aliphatic rings. The number of hydrogen-bond donors (Lipinski definition) is 2. The number of likely N-dealkylation sites (N-methyl/N-ethyl adjacent to an activating group) is 4. The highest BCUT2D eigenvalue weighted by atomic mass is 16.6. The van der Waals surface area contributed by atoms with Crippen molar-refractivity contribution in [2.24, 2.45) is 17.8 Å². The van der Waals surface area contributed by atoms with E-state index in [0.717, 1.165) is 25.7 Å². The van der Waals surface area contributed by atoms with Gasteiger partial charge >= 0.3 is 5.97 Å². The summed E-state index contributed by atoms with van der Waals surface area (Å²) in [5.41, 5.74) is -0.685. The lowest BCUT2D eigenvalue weighted by atomic mass is 9.76. The lowest BCUT2D eigenvalue weighted by Gasteiger charge is -2.48. The van der Waals surface area contributed by atoms with Crippen LogP contribution in [-0.2, 0) is 33.5 Å². The van der Waals surface area contributed by atoms with Crippen LogP contribution in [0.4, 0.5) is 0 Å². The first-order valence-electron chi connectivity index (χ1n) is 17.6. The van der Waals surface area contributed by atoms with Crippen molar-refractivity contribution in [1.82, 2.24) is 30.2 Å². The van der Waals surface area contributed by atoms with E-state index in [1.165, 1.54) is 28.8 Å². The topological polar surface area (TPSA) is 149 Å². The number of amides is 5. The standard InChI is InChI=1S/C35H62N6O7/c1-12-23(4)31(37-32(45)25(36-8)17-22(2)3)34(47)39(10)19-28(42)38(9)20-29(43)40(11)27-18-24-15-13-14-16-26(24)41(33(27)46)21-30(44)48-35(5,6)7/h22-27,31,36H,12-21H2,1-11H3,(H,37,45)/t23-,24?,25-,26?,27-,31-/m0/s1. The van der Waals surface area contributed by atoms with Gasteiger partial charge in [0.2, 0.25) is 29.5 Å². The van der Waals surface area contributed by atoms with Crippen LogP contribution in [0, 0.1) is 17.8 Å². The first-order valence-corrected chi connectivity index (χ1v) is 17.6. The van der Waals surface area contributed by atoms with Gasteiger partial charge in [0.05, 0.1) is 19.1 Å². The summed E-state index contributed by atoms with van der Waals surface area (Å²) < 4.78 is 5.51. The van der Waals surface area contributed by atoms with Gasteiger partial charge in [0.15, 0.2) is 0 Å². The third kappa shape index (κ3) is 11.4. The smallest absolute Gasteiger partial charge is 0.326 e. The predicted molar refractivity (Wildman–Crippen MR) is 183 cm³/mol. The summed E-state index contributed by atoms with van der Waals surface area (Å²) in [6, 6.07) is -2.09. The predicted octanol–water partition coefficient (Wildman–Crippen LogP) is 2.03. The van der Waals surface area contributed by atoms with Crippen molar-refractivity contribution < 1.29 is 33.5 Å². The van der Waals surface area contributed by atoms with E-state index in [1.54, 1.807) is 39.8 Å². The van der Waals surface area contributed by atoms with Gasteiger partial charge in [-0.3, -0.25) is 28.8 Å². The van der Waals surface area contributed by atoms with E-state index in [0.29, 0.717) is 19.3 Å². The second-order valence-corrected chi connectivity index (χ2v) is 15.2. The van der Waals surface area contributed by atoms with Crippen molar-refractivity contribution >= 4 is 35.5 Å². The minimum atomic E-state index is -0.814. The third-order valence-corrected chi connectivity index (χ3v) is 9.64. The average Bonchev–Trinajstić information content (AvgIpc) is 3.01. The van der Waals surface area contributed by atoms with Crippen LogP contribution in [0.2, 0.25) is 0 Å². The molecule has 2 N–H and O–H groups in total. The summed E-state index contributed by atoms with van der Waals surface area (Å²) in [7, 11) is 6.26. The molecule has 1 heterocycles. The van der Waals surface area contributed by atoms with E-state index < -0.39 is 41.5 Å². The summed E-state index contributed by atoms with van der Waals surface area (Å²) >= 11 is 0. The maximum Gasteiger partial charge on any atom is 0.326 e. The molecule has 0 aromatic carbocycles. The van der Waals surface area contributed by atoms with E-state index in [9.17, 15) is 28.8 Å². The molecule has 1 saturated heterocycles. The van der Waals surface area contributed by atoms with Crippen LogP contribution < -0.4 is 10.6 Å².